The molecule has 2 N–H and O–H groups in total. The van der Waals surface area contributed by atoms with Gasteiger partial charge in [0.25, 0.3) is 0 Å². The van der Waals surface area contributed by atoms with Gasteiger partial charge in [0.2, 0.25) is 5.91 Å². The molecule has 1 aliphatic heterocycles. The van der Waals surface area contributed by atoms with Crippen LogP contribution in [0, 0.1) is 13.8 Å². The Morgan fingerprint density at radius 2 is 2.18 bits per heavy atom. The smallest absolute Gasteiger partial charge is 0.246 e. The maximum absolute atomic E-state index is 11.5. The third-order valence-corrected chi connectivity index (χ3v) is 4.58. The van der Waals surface area contributed by atoms with Gasteiger partial charge in [-0.3, -0.25) is 15.2 Å². The number of carbonyl (C=O) groups is 1. The molecule has 1 aromatic carbocycles. The minimum atomic E-state index is -0.198. The Balaban J connectivity index is 1.69. The molecule has 1 fully saturated rings. The van der Waals surface area contributed by atoms with E-state index in [0.717, 1.165) is 35.1 Å². The number of anilines is 1. The number of aromatic nitrogens is 2. The van der Waals surface area contributed by atoms with Gasteiger partial charge >= 0.3 is 0 Å². The fraction of sp³-hybridized carbons (Fsp3) is 0.368. The summed E-state index contributed by atoms with van der Waals surface area (Å²) in [4.78, 5) is 24.9. The van der Waals surface area contributed by atoms with E-state index in [2.05, 4.69) is 25.7 Å². The average molecular weight is 403 g/mol. The first kappa shape index (κ1) is 20.0. The fourth-order valence-corrected chi connectivity index (χ4v) is 2.95. The van der Waals surface area contributed by atoms with Gasteiger partial charge < -0.3 is 10.1 Å². The molecule has 1 amide bonds. The lowest BCUT2D eigenvalue weighted by Crippen LogP contribution is -2.33. The van der Waals surface area contributed by atoms with E-state index < -0.39 is 0 Å². The zero-order valence-electron chi connectivity index (χ0n) is 16.1. The van der Waals surface area contributed by atoms with Gasteiger partial charge in [0, 0.05) is 31.2 Å². The summed E-state index contributed by atoms with van der Waals surface area (Å²) >= 11 is 6.23. The Labute approximate surface area is 169 Å². The lowest BCUT2D eigenvalue weighted by Gasteiger charge is -2.18. The van der Waals surface area contributed by atoms with Gasteiger partial charge in [-0.25, -0.2) is 15.0 Å². The molecule has 28 heavy (non-hydrogen) atoms. The standard InChI is InChI=1S/C19H23ClN6O2/c1-12-4-5-15(9-16(12)20)26-7-6-17(25-26)24-18-8-14(22-13(2)23-18)10-21-19(27)11-28-3/h4-5,8-9H,6-7,10-11H2,1-3H3,(H,21,27)(H,22,23,24,25). The molecule has 0 unspecified atom stereocenters. The predicted molar refractivity (Wildman–Crippen MR) is 109 cm³/mol. The number of methoxy groups -OCH3 is 1. The van der Waals surface area contributed by atoms with Crippen molar-refractivity contribution in [2.45, 2.75) is 26.8 Å². The van der Waals surface area contributed by atoms with Crippen LogP contribution in [-0.4, -0.2) is 42.0 Å². The molecule has 8 nitrogen and oxygen atoms in total. The van der Waals surface area contributed by atoms with Crippen LogP contribution >= 0.6 is 11.6 Å². The summed E-state index contributed by atoms with van der Waals surface area (Å²) in [5.74, 6) is 1.76. The van der Waals surface area contributed by atoms with Gasteiger partial charge in [-0.1, -0.05) is 17.7 Å². The lowest BCUT2D eigenvalue weighted by atomic mass is 10.2. The van der Waals surface area contributed by atoms with Gasteiger partial charge in [0.1, 0.15) is 18.3 Å². The molecule has 148 valence electrons. The van der Waals surface area contributed by atoms with Gasteiger partial charge in [-0.2, -0.15) is 0 Å². The number of hydrogen-bond donors (Lipinski definition) is 2. The van der Waals surface area contributed by atoms with Crippen LogP contribution in [0.2, 0.25) is 5.02 Å². The van der Waals surface area contributed by atoms with Crippen molar-refractivity contribution in [1.29, 1.82) is 0 Å². The van der Waals surface area contributed by atoms with E-state index in [1.54, 1.807) is 13.0 Å². The predicted octanol–water partition coefficient (Wildman–Crippen LogP) is 2.45. The summed E-state index contributed by atoms with van der Waals surface area (Å²) < 4.78 is 4.80. The summed E-state index contributed by atoms with van der Waals surface area (Å²) in [7, 11) is 1.48. The van der Waals surface area contributed by atoms with E-state index in [1.807, 2.05) is 30.1 Å². The van der Waals surface area contributed by atoms with E-state index in [1.165, 1.54) is 7.11 Å². The van der Waals surface area contributed by atoms with E-state index in [-0.39, 0.29) is 12.5 Å². The highest BCUT2D eigenvalue weighted by Gasteiger charge is 2.18. The summed E-state index contributed by atoms with van der Waals surface area (Å²) in [6.07, 6.45) is 0.758. The molecule has 2 heterocycles. The fourth-order valence-electron chi connectivity index (χ4n) is 2.78. The van der Waals surface area contributed by atoms with Crippen LogP contribution in [0.4, 0.5) is 11.5 Å². The first-order valence-electron chi connectivity index (χ1n) is 8.92. The third kappa shape index (κ3) is 5.17. The molecule has 1 saturated heterocycles. The zero-order chi connectivity index (χ0) is 20.1. The van der Waals surface area contributed by atoms with Crippen molar-refractivity contribution in [1.82, 2.24) is 20.7 Å². The number of aliphatic imine (C=N–C) groups is 1. The minimum Gasteiger partial charge on any atom is -0.375 e. The van der Waals surface area contributed by atoms with E-state index in [0.29, 0.717) is 23.9 Å². The number of aryl methyl sites for hydroxylation is 2. The third-order valence-electron chi connectivity index (χ3n) is 4.17. The van der Waals surface area contributed by atoms with Crippen molar-refractivity contribution in [3.8, 4) is 0 Å². The second-order valence-corrected chi connectivity index (χ2v) is 6.89. The number of benzene rings is 1. The molecule has 9 heteroatoms. The highest BCUT2D eigenvalue weighted by Crippen LogP contribution is 2.24. The van der Waals surface area contributed by atoms with Gasteiger partial charge in [0.15, 0.2) is 5.82 Å². The largest absolute Gasteiger partial charge is 0.375 e. The number of rotatable bonds is 6. The topological polar surface area (TPSA) is 91.7 Å². The molecule has 0 aliphatic carbocycles. The van der Waals surface area contributed by atoms with Crippen LogP contribution in [-0.2, 0) is 16.1 Å². The Morgan fingerprint density at radius 3 is 2.93 bits per heavy atom. The number of ether oxygens (including phenoxy) is 1. The van der Waals surface area contributed by atoms with Crippen LogP contribution in [0.3, 0.4) is 0 Å². The van der Waals surface area contributed by atoms with Crippen LogP contribution in [0.1, 0.15) is 23.5 Å². The average Bonchev–Trinajstić information content (AvgIpc) is 3.10. The molecule has 2 aromatic rings. The van der Waals surface area contributed by atoms with Crippen molar-refractivity contribution in [2.24, 2.45) is 4.99 Å². The first-order chi connectivity index (χ1) is 13.4. The molecule has 0 spiro atoms. The van der Waals surface area contributed by atoms with E-state index in [4.69, 9.17) is 16.3 Å². The number of amidine groups is 1. The monoisotopic (exact) mass is 402 g/mol. The molecule has 1 aliphatic rings. The molecule has 0 radical (unpaired) electrons. The summed E-state index contributed by atoms with van der Waals surface area (Å²) in [5.41, 5.74) is 6.01. The van der Waals surface area contributed by atoms with Crippen molar-refractivity contribution in [3.05, 3.63) is 46.4 Å². The van der Waals surface area contributed by atoms with Gasteiger partial charge in [0.05, 0.1) is 17.9 Å². The number of nitrogens with one attached hydrogen (secondary N) is 2. The molecule has 3 rings (SSSR count). The maximum Gasteiger partial charge on any atom is 0.246 e. The van der Waals surface area contributed by atoms with E-state index >= 15 is 0 Å². The van der Waals surface area contributed by atoms with Gasteiger partial charge in [-0.05, 0) is 31.5 Å². The SMILES string of the molecule is COCC(=O)NCc1cc(N=C2CCN(c3ccc(C)c(Cl)c3)N2)nc(C)n1. The second kappa shape index (κ2) is 8.99. The Bertz CT molecular complexity index is 902. The number of nitrogens with zero attached hydrogens (tertiary/aromatic N) is 4. The maximum atomic E-state index is 11.5. The summed E-state index contributed by atoms with van der Waals surface area (Å²) in [6, 6.07) is 7.71. The molecular weight excluding hydrogens is 380 g/mol. The number of halogens is 1. The Kier molecular flexibility index (Phi) is 6.43. The highest BCUT2D eigenvalue weighted by atomic mass is 35.5. The van der Waals surface area contributed by atoms with Crippen molar-refractivity contribution >= 4 is 34.8 Å². The normalized spacial score (nSPS) is 15.0. The summed E-state index contributed by atoms with van der Waals surface area (Å²) in [5, 5.41) is 5.48. The molecule has 0 bridgehead atoms. The number of carbonyl (C=O) groups excluding carboxylic acids is 1. The second-order valence-electron chi connectivity index (χ2n) is 6.48. The Morgan fingerprint density at radius 1 is 1.36 bits per heavy atom. The van der Waals surface area contributed by atoms with Crippen LogP contribution < -0.4 is 15.8 Å². The number of amides is 1. The zero-order valence-corrected chi connectivity index (χ0v) is 16.9. The minimum absolute atomic E-state index is 0.0159. The summed E-state index contributed by atoms with van der Waals surface area (Å²) in [6.45, 7) is 4.87. The van der Waals surface area contributed by atoms with E-state index in [9.17, 15) is 4.79 Å². The molecule has 0 saturated carbocycles. The van der Waals surface area contributed by atoms with Crippen LogP contribution in [0.5, 0.6) is 0 Å². The molecular formula is C19H23ClN6O2. The molecule has 0 atom stereocenters. The quantitative estimate of drug-likeness (QED) is 0.771. The Hall–Kier alpha value is -2.71. The van der Waals surface area contributed by atoms with Crippen LogP contribution in [0.15, 0.2) is 29.3 Å². The lowest BCUT2D eigenvalue weighted by molar-refractivity contribution is -0.124. The highest BCUT2D eigenvalue weighted by molar-refractivity contribution is 6.31. The van der Waals surface area contributed by atoms with Gasteiger partial charge in [-0.15, -0.1) is 0 Å². The van der Waals surface area contributed by atoms with Crippen molar-refractivity contribution < 1.29 is 9.53 Å². The van der Waals surface area contributed by atoms with Crippen LogP contribution in [0.25, 0.3) is 0 Å². The first-order valence-corrected chi connectivity index (χ1v) is 9.30. The van der Waals surface area contributed by atoms with Crippen molar-refractivity contribution in [2.75, 3.05) is 25.3 Å². The molecule has 1 aromatic heterocycles. The van der Waals surface area contributed by atoms with Crippen molar-refractivity contribution in [3.63, 3.8) is 0 Å². The number of hydrogen-bond acceptors (Lipinski definition) is 6. The number of hydrazine groups is 1.